The largest absolute Gasteiger partial charge is 0.364 e. The van der Waals surface area contributed by atoms with E-state index in [1.165, 1.54) is 5.56 Å². The molecule has 5 heteroatoms. The highest BCUT2D eigenvalue weighted by atomic mass is 15.1. The molecular formula is C14H15N5. The van der Waals surface area contributed by atoms with Crippen molar-refractivity contribution >= 4 is 17.0 Å². The first-order chi connectivity index (χ1) is 9.36. The molecule has 2 N–H and O–H groups in total. The summed E-state index contributed by atoms with van der Waals surface area (Å²) in [6, 6.07) is 10.2. The maximum absolute atomic E-state index is 4.50. The maximum atomic E-state index is 4.50. The SMILES string of the molecule is CCc1nc(NCc2ccccc2)c2nc[nH]c2n1. The fraction of sp³-hybridized carbons (Fsp3) is 0.214. The van der Waals surface area contributed by atoms with Gasteiger partial charge in [-0.3, -0.25) is 0 Å². The number of nitrogens with one attached hydrogen (secondary N) is 2. The predicted molar refractivity (Wildman–Crippen MR) is 74.8 cm³/mol. The van der Waals surface area contributed by atoms with Gasteiger partial charge in [-0.25, -0.2) is 15.0 Å². The Bertz CT molecular complexity index is 675. The van der Waals surface area contributed by atoms with Crippen LogP contribution in [0.4, 0.5) is 5.82 Å². The summed E-state index contributed by atoms with van der Waals surface area (Å²) in [7, 11) is 0. The first-order valence-corrected chi connectivity index (χ1v) is 6.34. The van der Waals surface area contributed by atoms with Crippen LogP contribution in [0.15, 0.2) is 36.7 Å². The van der Waals surface area contributed by atoms with Crippen LogP contribution in [0.5, 0.6) is 0 Å². The Balaban J connectivity index is 1.89. The Morgan fingerprint density at radius 2 is 2.00 bits per heavy atom. The number of imidazole rings is 1. The number of aryl methyl sites for hydroxylation is 1. The van der Waals surface area contributed by atoms with Crippen molar-refractivity contribution in [3.8, 4) is 0 Å². The Hall–Kier alpha value is -2.43. The summed E-state index contributed by atoms with van der Waals surface area (Å²) in [5.41, 5.74) is 2.78. The third kappa shape index (κ3) is 2.40. The molecule has 0 unspecified atom stereocenters. The van der Waals surface area contributed by atoms with Gasteiger partial charge >= 0.3 is 0 Å². The lowest BCUT2D eigenvalue weighted by atomic mass is 10.2. The fourth-order valence-corrected chi connectivity index (χ4v) is 1.95. The number of hydrogen-bond donors (Lipinski definition) is 2. The second-order valence-electron chi connectivity index (χ2n) is 4.28. The van der Waals surface area contributed by atoms with E-state index < -0.39 is 0 Å². The lowest BCUT2D eigenvalue weighted by molar-refractivity contribution is 0.948. The van der Waals surface area contributed by atoms with Crippen LogP contribution in [0.3, 0.4) is 0 Å². The van der Waals surface area contributed by atoms with E-state index in [1.807, 2.05) is 25.1 Å². The molecule has 0 fully saturated rings. The molecule has 0 saturated carbocycles. The van der Waals surface area contributed by atoms with E-state index in [1.54, 1.807) is 6.33 Å². The summed E-state index contributed by atoms with van der Waals surface area (Å²) >= 11 is 0. The summed E-state index contributed by atoms with van der Waals surface area (Å²) in [5, 5.41) is 3.33. The highest BCUT2D eigenvalue weighted by Gasteiger charge is 2.08. The lowest BCUT2D eigenvalue weighted by Gasteiger charge is -2.07. The van der Waals surface area contributed by atoms with E-state index in [9.17, 15) is 0 Å². The number of benzene rings is 1. The number of aromatic amines is 1. The van der Waals surface area contributed by atoms with Crippen molar-refractivity contribution in [3.63, 3.8) is 0 Å². The monoisotopic (exact) mass is 253 g/mol. The molecular weight excluding hydrogens is 238 g/mol. The molecule has 0 saturated heterocycles. The lowest BCUT2D eigenvalue weighted by Crippen LogP contribution is -2.05. The van der Waals surface area contributed by atoms with Crippen LogP contribution in [0.1, 0.15) is 18.3 Å². The predicted octanol–water partition coefficient (Wildman–Crippen LogP) is 2.53. The summed E-state index contributed by atoms with van der Waals surface area (Å²) < 4.78 is 0. The van der Waals surface area contributed by atoms with Crippen LogP contribution in [-0.4, -0.2) is 19.9 Å². The van der Waals surface area contributed by atoms with Gasteiger partial charge in [-0.1, -0.05) is 37.3 Å². The van der Waals surface area contributed by atoms with Gasteiger partial charge in [0.25, 0.3) is 0 Å². The fourth-order valence-electron chi connectivity index (χ4n) is 1.95. The zero-order valence-corrected chi connectivity index (χ0v) is 10.7. The van der Waals surface area contributed by atoms with Crippen LogP contribution >= 0.6 is 0 Å². The maximum Gasteiger partial charge on any atom is 0.163 e. The zero-order valence-electron chi connectivity index (χ0n) is 10.7. The van der Waals surface area contributed by atoms with Crippen molar-refractivity contribution in [2.75, 3.05) is 5.32 Å². The second-order valence-corrected chi connectivity index (χ2v) is 4.28. The van der Waals surface area contributed by atoms with E-state index in [0.717, 1.165) is 35.8 Å². The molecule has 0 aliphatic heterocycles. The average molecular weight is 253 g/mol. The van der Waals surface area contributed by atoms with Gasteiger partial charge in [0.15, 0.2) is 11.5 Å². The smallest absolute Gasteiger partial charge is 0.163 e. The van der Waals surface area contributed by atoms with Crippen molar-refractivity contribution in [2.24, 2.45) is 0 Å². The van der Waals surface area contributed by atoms with E-state index in [-0.39, 0.29) is 0 Å². The summed E-state index contributed by atoms with van der Waals surface area (Å²) in [6.45, 7) is 2.77. The molecule has 0 amide bonds. The van der Waals surface area contributed by atoms with Crippen LogP contribution < -0.4 is 5.32 Å². The highest BCUT2D eigenvalue weighted by molar-refractivity contribution is 5.82. The molecule has 2 aromatic heterocycles. The third-order valence-corrected chi connectivity index (χ3v) is 2.94. The molecule has 5 nitrogen and oxygen atoms in total. The molecule has 0 bridgehead atoms. The molecule has 0 atom stereocenters. The zero-order chi connectivity index (χ0) is 13.1. The van der Waals surface area contributed by atoms with Gasteiger partial charge in [-0.2, -0.15) is 0 Å². The van der Waals surface area contributed by atoms with Crippen LogP contribution in [-0.2, 0) is 13.0 Å². The number of fused-ring (bicyclic) bond motifs is 1. The summed E-state index contributed by atoms with van der Waals surface area (Å²) in [5.74, 6) is 1.60. The number of hydrogen-bond acceptors (Lipinski definition) is 4. The topological polar surface area (TPSA) is 66.5 Å². The van der Waals surface area contributed by atoms with Crippen molar-refractivity contribution in [3.05, 3.63) is 48.0 Å². The van der Waals surface area contributed by atoms with Gasteiger partial charge in [0, 0.05) is 13.0 Å². The Morgan fingerprint density at radius 3 is 2.79 bits per heavy atom. The minimum absolute atomic E-state index is 0.725. The molecule has 0 spiro atoms. The highest BCUT2D eigenvalue weighted by Crippen LogP contribution is 2.17. The van der Waals surface area contributed by atoms with Gasteiger partial charge in [-0.15, -0.1) is 0 Å². The number of rotatable bonds is 4. The Morgan fingerprint density at radius 1 is 1.16 bits per heavy atom. The van der Waals surface area contributed by atoms with Gasteiger partial charge in [-0.05, 0) is 5.56 Å². The first-order valence-electron chi connectivity index (χ1n) is 6.34. The molecule has 0 radical (unpaired) electrons. The standard InChI is InChI=1S/C14H15N5/c1-2-11-18-13(12-14(19-11)17-9-16-12)15-8-10-6-4-3-5-7-10/h3-7,9H,2,8H2,1H3,(H2,15,16,17,18,19). The average Bonchev–Trinajstić information content (AvgIpc) is 2.94. The van der Waals surface area contributed by atoms with Crippen molar-refractivity contribution in [1.82, 2.24) is 19.9 Å². The number of nitrogens with zero attached hydrogens (tertiary/aromatic N) is 3. The minimum atomic E-state index is 0.725. The minimum Gasteiger partial charge on any atom is -0.364 e. The van der Waals surface area contributed by atoms with Crippen LogP contribution in [0.25, 0.3) is 11.2 Å². The number of aromatic nitrogens is 4. The second kappa shape index (κ2) is 5.06. The van der Waals surface area contributed by atoms with Crippen molar-refractivity contribution in [1.29, 1.82) is 0 Å². The van der Waals surface area contributed by atoms with Gasteiger partial charge in [0.2, 0.25) is 0 Å². The summed E-state index contributed by atoms with van der Waals surface area (Å²) in [4.78, 5) is 16.2. The molecule has 1 aromatic carbocycles. The molecule has 0 aliphatic rings. The molecule has 19 heavy (non-hydrogen) atoms. The quantitative estimate of drug-likeness (QED) is 0.749. The summed E-state index contributed by atoms with van der Waals surface area (Å²) in [6.07, 6.45) is 2.45. The van der Waals surface area contributed by atoms with Gasteiger partial charge < -0.3 is 10.3 Å². The molecule has 3 rings (SSSR count). The molecule has 2 heterocycles. The van der Waals surface area contributed by atoms with E-state index >= 15 is 0 Å². The van der Waals surface area contributed by atoms with Crippen LogP contribution in [0, 0.1) is 0 Å². The van der Waals surface area contributed by atoms with Gasteiger partial charge in [0.05, 0.1) is 6.33 Å². The Kier molecular flexibility index (Phi) is 3.10. The normalized spacial score (nSPS) is 10.8. The third-order valence-electron chi connectivity index (χ3n) is 2.94. The first kappa shape index (κ1) is 11.6. The number of H-pyrrole nitrogens is 1. The molecule has 96 valence electrons. The number of anilines is 1. The van der Waals surface area contributed by atoms with Crippen molar-refractivity contribution < 1.29 is 0 Å². The van der Waals surface area contributed by atoms with E-state index in [2.05, 4.69) is 37.4 Å². The van der Waals surface area contributed by atoms with Crippen LogP contribution in [0.2, 0.25) is 0 Å². The molecule has 3 aromatic rings. The van der Waals surface area contributed by atoms with Crippen molar-refractivity contribution in [2.45, 2.75) is 19.9 Å². The van der Waals surface area contributed by atoms with E-state index in [4.69, 9.17) is 0 Å². The Labute approximate surface area is 111 Å². The van der Waals surface area contributed by atoms with E-state index in [0.29, 0.717) is 0 Å². The van der Waals surface area contributed by atoms with Gasteiger partial charge in [0.1, 0.15) is 11.3 Å². The molecule has 0 aliphatic carbocycles.